The van der Waals surface area contributed by atoms with E-state index in [1.807, 2.05) is 11.4 Å². The summed E-state index contributed by atoms with van der Waals surface area (Å²) >= 11 is 1.41. The van der Waals surface area contributed by atoms with Gasteiger partial charge in [-0.1, -0.05) is 0 Å². The van der Waals surface area contributed by atoms with Crippen LogP contribution in [0.25, 0.3) is 0 Å². The van der Waals surface area contributed by atoms with E-state index in [-0.39, 0.29) is 5.78 Å². The van der Waals surface area contributed by atoms with Crippen molar-refractivity contribution in [2.45, 2.75) is 18.9 Å². The van der Waals surface area contributed by atoms with Crippen molar-refractivity contribution < 1.29 is 9.90 Å². The van der Waals surface area contributed by atoms with Gasteiger partial charge in [-0.05, 0) is 23.9 Å². The highest BCUT2D eigenvalue weighted by Gasteiger charge is 2.40. The van der Waals surface area contributed by atoms with Gasteiger partial charge in [0, 0.05) is 6.42 Å². The lowest BCUT2D eigenvalue weighted by Gasteiger charge is -2.11. The number of hydrogen-bond donors (Lipinski definition) is 1. The molecule has 0 amide bonds. The third-order valence-electron chi connectivity index (χ3n) is 1.98. The molecule has 2 nitrogen and oxygen atoms in total. The number of thiophene rings is 1. The van der Waals surface area contributed by atoms with Gasteiger partial charge < -0.3 is 5.11 Å². The van der Waals surface area contributed by atoms with Crippen LogP contribution in [0, 0.1) is 0 Å². The number of hydrogen-bond acceptors (Lipinski definition) is 3. The first-order valence-electron chi connectivity index (χ1n) is 3.45. The van der Waals surface area contributed by atoms with Crippen LogP contribution in [-0.4, -0.2) is 16.5 Å². The summed E-state index contributed by atoms with van der Waals surface area (Å²) in [4.78, 5) is 12.1. The third kappa shape index (κ3) is 0.847. The fourth-order valence-corrected chi connectivity index (χ4v) is 2.36. The van der Waals surface area contributed by atoms with Crippen LogP contribution in [0.15, 0.2) is 11.4 Å². The van der Waals surface area contributed by atoms with E-state index in [0.717, 1.165) is 10.4 Å². The van der Waals surface area contributed by atoms with E-state index in [1.165, 1.54) is 11.3 Å². The SMILES string of the molecule is C[C@@]1(O)Cc2ccsc2C1=O. The molecule has 0 unspecified atom stereocenters. The monoisotopic (exact) mass is 168 g/mol. The van der Waals surface area contributed by atoms with E-state index in [0.29, 0.717) is 6.42 Å². The Kier molecular flexibility index (Phi) is 1.23. The van der Waals surface area contributed by atoms with E-state index in [2.05, 4.69) is 0 Å². The van der Waals surface area contributed by atoms with E-state index < -0.39 is 5.60 Å². The Hall–Kier alpha value is -0.670. The summed E-state index contributed by atoms with van der Waals surface area (Å²) < 4.78 is 0. The molecular formula is C8H8O2S. The van der Waals surface area contributed by atoms with Crippen molar-refractivity contribution in [3.8, 4) is 0 Å². The molecule has 0 aromatic carbocycles. The summed E-state index contributed by atoms with van der Waals surface area (Å²) in [6, 6.07) is 1.90. The normalized spacial score (nSPS) is 29.1. The maximum Gasteiger partial charge on any atom is 0.204 e. The molecule has 0 bridgehead atoms. The first kappa shape index (κ1) is 7.00. The van der Waals surface area contributed by atoms with Crippen molar-refractivity contribution in [3.05, 3.63) is 21.9 Å². The molecule has 0 spiro atoms. The third-order valence-corrected chi connectivity index (χ3v) is 2.93. The number of carbonyl (C=O) groups excluding carboxylic acids is 1. The topological polar surface area (TPSA) is 37.3 Å². The standard InChI is InChI=1S/C8H8O2S/c1-8(10)4-5-2-3-11-6(5)7(8)9/h2-3,10H,4H2,1H3/t8-/m1/s1. The number of aliphatic hydroxyl groups is 1. The summed E-state index contributed by atoms with van der Waals surface area (Å²) in [5, 5.41) is 11.4. The van der Waals surface area contributed by atoms with Crippen LogP contribution in [0.1, 0.15) is 22.2 Å². The molecule has 1 aromatic rings. The van der Waals surface area contributed by atoms with Gasteiger partial charge in [0.2, 0.25) is 5.78 Å². The molecule has 0 saturated carbocycles. The van der Waals surface area contributed by atoms with Crippen LogP contribution in [0.3, 0.4) is 0 Å². The lowest BCUT2D eigenvalue weighted by molar-refractivity contribution is 0.0463. The van der Waals surface area contributed by atoms with E-state index in [1.54, 1.807) is 6.92 Å². The number of ketones is 1. The van der Waals surface area contributed by atoms with Crippen molar-refractivity contribution in [3.63, 3.8) is 0 Å². The maximum absolute atomic E-state index is 11.3. The lowest BCUT2D eigenvalue weighted by Crippen LogP contribution is -2.31. The fourth-order valence-electron chi connectivity index (χ4n) is 1.37. The predicted octanol–water partition coefficient (Wildman–Crippen LogP) is 1.24. The summed E-state index contributed by atoms with van der Waals surface area (Å²) in [7, 11) is 0. The minimum absolute atomic E-state index is 0.123. The second-order valence-electron chi connectivity index (χ2n) is 3.05. The van der Waals surface area contributed by atoms with E-state index >= 15 is 0 Å². The predicted molar refractivity (Wildman–Crippen MR) is 43.0 cm³/mol. The number of fused-ring (bicyclic) bond motifs is 1. The first-order valence-corrected chi connectivity index (χ1v) is 4.33. The van der Waals surface area contributed by atoms with Crippen molar-refractivity contribution in [2.24, 2.45) is 0 Å². The molecule has 1 aromatic heterocycles. The molecule has 1 N–H and O–H groups in total. The van der Waals surface area contributed by atoms with Gasteiger partial charge in [0.25, 0.3) is 0 Å². The molecule has 1 heterocycles. The van der Waals surface area contributed by atoms with Gasteiger partial charge in [0.1, 0.15) is 5.60 Å². The van der Waals surface area contributed by atoms with E-state index in [9.17, 15) is 9.90 Å². The van der Waals surface area contributed by atoms with Crippen molar-refractivity contribution in [1.29, 1.82) is 0 Å². The Morgan fingerprint density at radius 2 is 2.45 bits per heavy atom. The average molecular weight is 168 g/mol. The van der Waals surface area contributed by atoms with Crippen LogP contribution < -0.4 is 0 Å². The summed E-state index contributed by atoms with van der Waals surface area (Å²) in [5.74, 6) is -0.123. The second kappa shape index (κ2) is 1.93. The quantitative estimate of drug-likeness (QED) is 0.632. The van der Waals surface area contributed by atoms with Gasteiger partial charge >= 0.3 is 0 Å². The molecule has 0 saturated heterocycles. The van der Waals surface area contributed by atoms with Crippen LogP contribution in [0.5, 0.6) is 0 Å². The van der Waals surface area contributed by atoms with Gasteiger partial charge in [-0.3, -0.25) is 4.79 Å². The maximum atomic E-state index is 11.3. The second-order valence-corrected chi connectivity index (χ2v) is 3.97. The molecule has 0 fully saturated rings. The largest absolute Gasteiger partial charge is 0.382 e. The Balaban J connectivity index is 2.54. The molecule has 2 rings (SSSR count). The summed E-state index contributed by atoms with van der Waals surface area (Å²) in [5.41, 5.74) is -0.146. The van der Waals surface area contributed by atoms with Gasteiger partial charge in [0.15, 0.2) is 0 Å². The van der Waals surface area contributed by atoms with Gasteiger partial charge in [-0.15, -0.1) is 11.3 Å². The van der Waals surface area contributed by atoms with Crippen molar-refractivity contribution in [1.82, 2.24) is 0 Å². The number of rotatable bonds is 0. The first-order chi connectivity index (χ1) is 5.11. The summed E-state index contributed by atoms with van der Waals surface area (Å²) in [6.45, 7) is 1.57. The van der Waals surface area contributed by atoms with Crippen LogP contribution in [-0.2, 0) is 6.42 Å². The van der Waals surface area contributed by atoms with Crippen molar-refractivity contribution in [2.75, 3.05) is 0 Å². The molecule has 1 aliphatic carbocycles. The van der Waals surface area contributed by atoms with Gasteiger partial charge in [-0.2, -0.15) is 0 Å². The highest BCUT2D eigenvalue weighted by molar-refractivity contribution is 7.12. The Bertz CT molecular complexity index is 312. The zero-order chi connectivity index (χ0) is 8.06. The minimum atomic E-state index is -1.14. The van der Waals surface area contributed by atoms with E-state index in [4.69, 9.17) is 0 Å². The molecule has 1 aliphatic rings. The highest BCUT2D eigenvalue weighted by Crippen LogP contribution is 2.33. The van der Waals surface area contributed by atoms with Crippen molar-refractivity contribution >= 4 is 17.1 Å². The summed E-state index contributed by atoms with van der Waals surface area (Å²) in [6.07, 6.45) is 0.477. The highest BCUT2D eigenvalue weighted by atomic mass is 32.1. The molecule has 0 aliphatic heterocycles. The smallest absolute Gasteiger partial charge is 0.204 e. The Labute approximate surface area is 68.5 Å². The minimum Gasteiger partial charge on any atom is -0.382 e. The van der Waals surface area contributed by atoms with Crippen LogP contribution >= 0.6 is 11.3 Å². The molecule has 0 radical (unpaired) electrons. The fraction of sp³-hybridized carbons (Fsp3) is 0.375. The van der Waals surface area contributed by atoms with Crippen LogP contribution in [0.2, 0.25) is 0 Å². The molecule has 1 atom stereocenters. The number of carbonyl (C=O) groups is 1. The average Bonchev–Trinajstić information content (AvgIpc) is 2.39. The lowest BCUT2D eigenvalue weighted by atomic mass is 10.0. The van der Waals surface area contributed by atoms with Gasteiger partial charge in [-0.25, -0.2) is 0 Å². The Morgan fingerprint density at radius 3 is 3.09 bits per heavy atom. The zero-order valence-corrected chi connectivity index (χ0v) is 6.94. The number of Topliss-reactive ketones (excluding diaryl/α,β-unsaturated/α-hetero) is 1. The van der Waals surface area contributed by atoms with Crippen LogP contribution in [0.4, 0.5) is 0 Å². The molecular weight excluding hydrogens is 160 g/mol. The Morgan fingerprint density at radius 1 is 1.73 bits per heavy atom. The molecule has 3 heteroatoms. The molecule has 11 heavy (non-hydrogen) atoms. The molecule has 58 valence electrons. The zero-order valence-electron chi connectivity index (χ0n) is 6.13. The van der Waals surface area contributed by atoms with Gasteiger partial charge in [0.05, 0.1) is 4.88 Å².